The normalized spacial score (nSPS) is 12.8. The van der Waals surface area contributed by atoms with Gasteiger partial charge in [-0.3, -0.25) is 4.79 Å². The van der Waals surface area contributed by atoms with Gasteiger partial charge in [-0.25, -0.2) is 4.98 Å². The zero-order chi connectivity index (χ0) is 16.5. The summed E-state index contributed by atoms with van der Waals surface area (Å²) in [6, 6.07) is 3.10. The SMILES string of the molecule is CC(C)[C@H](N)C(=O)Nc1nc2ccc(OC(F)(F)F)cc2s1.S. The molecule has 0 aliphatic carbocycles. The predicted molar refractivity (Wildman–Crippen MR) is 88.1 cm³/mol. The van der Waals surface area contributed by atoms with Gasteiger partial charge in [0.2, 0.25) is 5.91 Å². The zero-order valence-corrected chi connectivity index (χ0v) is 14.1. The third kappa shape index (κ3) is 5.26. The van der Waals surface area contributed by atoms with Crippen LogP contribution in [0.3, 0.4) is 0 Å². The van der Waals surface area contributed by atoms with Crippen molar-refractivity contribution in [3.63, 3.8) is 0 Å². The van der Waals surface area contributed by atoms with Gasteiger partial charge in [0.1, 0.15) is 5.75 Å². The van der Waals surface area contributed by atoms with Crippen LogP contribution < -0.4 is 15.8 Å². The molecule has 1 aromatic heterocycles. The number of carbonyl (C=O) groups excluding carboxylic acids is 1. The molecular formula is C13H16F3N3O2S2. The van der Waals surface area contributed by atoms with E-state index in [2.05, 4.69) is 15.0 Å². The fourth-order valence-electron chi connectivity index (χ4n) is 1.65. The van der Waals surface area contributed by atoms with Crippen LogP contribution in [0, 0.1) is 5.92 Å². The number of alkyl halides is 3. The number of fused-ring (bicyclic) bond motifs is 1. The van der Waals surface area contributed by atoms with Crippen LogP contribution in [-0.4, -0.2) is 23.3 Å². The first-order valence-corrected chi connectivity index (χ1v) is 7.20. The molecule has 0 saturated carbocycles. The molecule has 0 unspecified atom stereocenters. The fourth-order valence-corrected chi connectivity index (χ4v) is 2.54. The topological polar surface area (TPSA) is 77.2 Å². The lowest BCUT2D eigenvalue weighted by Gasteiger charge is -2.13. The number of anilines is 1. The summed E-state index contributed by atoms with van der Waals surface area (Å²) >= 11 is 1.05. The molecule has 2 aromatic rings. The quantitative estimate of drug-likeness (QED) is 0.870. The second-order valence-electron chi connectivity index (χ2n) is 4.96. The van der Waals surface area contributed by atoms with E-state index in [1.807, 2.05) is 13.8 Å². The van der Waals surface area contributed by atoms with Gasteiger partial charge in [-0.05, 0) is 18.1 Å². The molecule has 5 nitrogen and oxygen atoms in total. The summed E-state index contributed by atoms with van der Waals surface area (Å²) < 4.78 is 40.8. The third-order valence-corrected chi connectivity index (χ3v) is 3.78. The Hall–Kier alpha value is -1.52. The molecule has 0 radical (unpaired) electrons. The van der Waals surface area contributed by atoms with Crippen molar-refractivity contribution < 1.29 is 22.7 Å². The maximum Gasteiger partial charge on any atom is 0.573 e. The van der Waals surface area contributed by atoms with Crippen molar-refractivity contribution >= 4 is 46.1 Å². The molecule has 1 aromatic carbocycles. The van der Waals surface area contributed by atoms with E-state index in [0.29, 0.717) is 10.2 Å². The lowest BCUT2D eigenvalue weighted by Crippen LogP contribution is -2.39. The number of aromatic nitrogens is 1. The molecule has 0 bridgehead atoms. The van der Waals surface area contributed by atoms with Crippen molar-refractivity contribution in [3.05, 3.63) is 18.2 Å². The highest BCUT2D eigenvalue weighted by molar-refractivity contribution is 7.59. The van der Waals surface area contributed by atoms with E-state index >= 15 is 0 Å². The zero-order valence-electron chi connectivity index (χ0n) is 12.3. The Morgan fingerprint density at radius 2 is 2.04 bits per heavy atom. The summed E-state index contributed by atoms with van der Waals surface area (Å²) in [5.41, 5.74) is 6.18. The lowest BCUT2D eigenvalue weighted by molar-refractivity contribution is -0.274. The van der Waals surface area contributed by atoms with Gasteiger partial charge in [0.15, 0.2) is 5.13 Å². The van der Waals surface area contributed by atoms with E-state index in [1.54, 1.807) is 0 Å². The molecule has 1 heterocycles. The molecule has 1 atom stereocenters. The number of amides is 1. The van der Waals surface area contributed by atoms with Crippen molar-refractivity contribution in [2.75, 3.05) is 5.32 Å². The van der Waals surface area contributed by atoms with Crippen LogP contribution in [0.5, 0.6) is 5.75 Å². The van der Waals surface area contributed by atoms with Crippen LogP contribution in [0.4, 0.5) is 18.3 Å². The van der Waals surface area contributed by atoms with Gasteiger partial charge in [0, 0.05) is 6.07 Å². The number of halogens is 3. The molecule has 0 saturated heterocycles. The highest BCUT2D eigenvalue weighted by Crippen LogP contribution is 2.31. The molecule has 0 aliphatic rings. The van der Waals surface area contributed by atoms with Gasteiger partial charge in [0.25, 0.3) is 0 Å². The Kier molecular flexibility index (Phi) is 6.25. The van der Waals surface area contributed by atoms with E-state index in [1.165, 1.54) is 18.2 Å². The predicted octanol–water partition coefficient (Wildman–Crippen LogP) is 3.23. The Morgan fingerprint density at radius 3 is 2.61 bits per heavy atom. The largest absolute Gasteiger partial charge is 0.573 e. The van der Waals surface area contributed by atoms with Crippen LogP contribution in [0.1, 0.15) is 13.8 Å². The minimum absolute atomic E-state index is 0. The average molecular weight is 367 g/mol. The summed E-state index contributed by atoms with van der Waals surface area (Å²) in [5, 5.41) is 2.84. The minimum atomic E-state index is -4.75. The minimum Gasteiger partial charge on any atom is -0.406 e. The molecule has 3 N–H and O–H groups in total. The van der Waals surface area contributed by atoms with Crippen molar-refractivity contribution in [1.29, 1.82) is 0 Å². The number of benzene rings is 1. The van der Waals surface area contributed by atoms with Gasteiger partial charge < -0.3 is 15.8 Å². The van der Waals surface area contributed by atoms with Crippen LogP contribution >= 0.6 is 24.8 Å². The maximum absolute atomic E-state index is 12.2. The molecule has 2 rings (SSSR count). The number of rotatable bonds is 4. The van der Waals surface area contributed by atoms with Gasteiger partial charge in [-0.1, -0.05) is 25.2 Å². The summed E-state index contributed by atoms with van der Waals surface area (Å²) in [4.78, 5) is 16.0. The van der Waals surface area contributed by atoms with Gasteiger partial charge >= 0.3 is 6.36 Å². The van der Waals surface area contributed by atoms with Crippen LogP contribution in [0.15, 0.2) is 18.2 Å². The highest BCUT2D eigenvalue weighted by Gasteiger charge is 2.31. The lowest BCUT2D eigenvalue weighted by atomic mass is 10.1. The Labute approximate surface area is 141 Å². The molecule has 1 amide bonds. The summed E-state index contributed by atoms with van der Waals surface area (Å²) in [5.74, 6) is -0.762. The van der Waals surface area contributed by atoms with Gasteiger partial charge in [-0.2, -0.15) is 13.5 Å². The van der Waals surface area contributed by atoms with E-state index in [4.69, 9.17) is 5.73 Å². The number of nitrogens with two attached hydrogens (primary N) is 1. The number of hydrogen-bond donors (Lipinski definition) is 2. The number of nitrogens with one attached hydrogen (secondary N) is 1. The molecular weight excluding hydrogens is 351 g/mol. The summed E-state index contributed by atoms with van der Waals surface area (Å²) in [6.07, 6.45) is -4.75. The van der Waals surface area contributed by atoms with Crippen LogP contribution in [-0.2, 0) is 4.79 Å². The van der Waals surface area contributed by atoms with E-state index in [0.717, 1.165) is 11.3 Å². The molecule has 10 heteroatoms. The second kappa shape index (κ2) is 7.37. The van der Waals surface area contributed by atoms with Crippen molar-refractivity contribution in [1.82, 2.24) is 4.98 Å². The maximum atomic E-state index is 12.2. The molecule has 0 spiro atoms. The molecule has 0 aliphatic heterocycles. The van der Waals surface area contributed by atoms with Crippen LogP contribution in [0.25, 0.3) is 10.2 Å². The first-order chi connectivity index (χ1) is 10.2. The average Bonchev–Trinajstić information content (AvgIpc) is 2.77. The number of thiazole rings is 1. The van der Waals surface area contributed by atoms with Crippen molar-refractivity contribution in [3.8, 4) is 5.75 Å². The molecule has 23 heavy (non-hydrogen) atoms. The Morgan fingerprint density at radius 1 is 1.39 bits per heavy atom. The third-order valence-electron chi connectivity index (χ3n) is 2.84. The molecule has 128 valence electrons. The van der Waals surface area contributed by atoms with E-state index < -0.39 is 12.4 Å². The van der Waals surface area contributed by atoms with Gasteiger partial charge in [0.05, 0.1) is 16.3 Å². The van der Waals surface area contributed by atoms with Crippen molar-refractivity contribution in [2.45, 2.75) is 26.3 Å². The first kappa shape index (κ1) is 19.5. The number of carbonyl (C=O) groups is 1. The summed E-state index contributed by atoms with van der Waals surface area (Å²) in [6.45, 7) is 3.62. The molecule has 0 fully saturated rings. The highest BCUT2D eigenvalue weighted by atomic mass is 32.1. The number of nitrogens with zero attached hydrogens (tertiary/aromatic N) is 1. The number of hydrogen-bond acceptors (Lipinski definition) is 5. The standard InChI is InChI=1S/C13H14F3N3O2S.H2S/c1-6(2)10(17)11(20)19-12-18-8-4-3-7(5-9(8)22-12)21-13(14,15)16;/h3-6,10H,17H2,1-2H3,(H,18,19,20);1H2/t10-;/m0./s1. The summed E-state index contributed by atoms with van der Waals surface area (Å²) in [7, 11) is 0. The van der Waals surface area contributed by atoms with Gasteiger partial charge in [-0.15, -0.1) is 13.2 Å². The van der Waals surface area contributed by atoms with E-state index in [9.17, 15) is 18.0 Å². The number of ether oxygens (including phenoxy) is 1. The Bertz CT molecular complexity index is 689. The van der Waals surface area contributed by atoms with Crippen molar-refractivity contribution in [2.24, 2.45) is 11.7 Å². The smallest absolute Gasteiger partial charge is 0.406 e. The monoisotopic (exact) mass is 367 g/mol. The fraction of sp³-hybridized carbons (Fsp3) is 0.385. The first-order valence-electron chi connectivity index (χ1n) is 6.38. The Balaban J connectivity index is 0.00000264. The van der Waals surface area contributed by atoms with E-state index in [-0.39, 0.29) is 36.2 Å². The van der Waals surface area contributed by atoms with Crippen LogP contribution in [0.2, 0.25) is 0 Å². The second-order valence-corrected chi connectivity index (χ2v) is 5.99.